The lowest BCUT2D eigenvalue weighted by Crippen LogP contribution is -2.51. The Hall–Kier alpha value is -2.46. The molecule has 0 spiro atoms. The van der Waals surface area contributed by atoms with E-state index in [-0.39, 0.29) is 28.5 Å². The summed E-state index contributed by atoms with van der Waals surface area (Å²) in [5, 5.41) is 7.37. The second-order valence-corrected chi connectivity index (χ2v) is 6.90. The van der Waals surface area contributed by atoms with Crippen molar-refractivity contribution in [1.82, 2.24) is 19.6 Å². The molecule has 2 aliphatic rings. The number of amides is 1. The van der Waals surface area contributed by atoms with Crippen LogP contribution in [-0.4, -0.2) is 37.7 Å². The van der Waals surface area contributed by atoms with Crippen molar-refractivity contribution in [1.29, 1.82) is 0 Å². The molecule has 1 aliphatic heterocycles. The number of aryl methyl sites for hydroxylation is 1. The lowest BCUT2D eigenvalue weighted by molar-refractivity contribution is -0.174. The van der Waals surface area contributed by atoms with Gasteiger partial charge in [0.1, 0.15) is 11.5 Å². The second kappa shape index (κ2) is 6.03. The van der Waals surface area contributed by atoms with Gasteiger partial charge in [-0.3, -0.25) is 9.69 Å². The highest BCUT2D eigenvalue weighted by molar-refractivity contribution is 6.05. The zero-order chi connectivity index (χ0) is 19.5. The van der Waals surface area contributed by atoms with Crippen LogP contribution in [0.3, 0.4) is 0 Å². The van der Waals surface area contributed by atoms with Gasteiger partial charge >= 0.3 is 12.7 Å². The number of hydrogen-bond donors (Lipinski definition) is 0. The minimum absolute atomic E-state index is 0.0232. The second-order valence-electron chi connectivity index (χ2n) is 6.90. The van der Waals surface area contributed by atoms with Gasteiger partial charge in [-0.05, 0) is 38.2 Å². The van der Waals surface area contributed by atoms with Crippen LogP contribution in [0.5, 0.6) is 0 Å². The van der Waals surface area contributed by atoms with Crippen molar-refractivity contribution in [3.05, 3.63) is 29.7 Å². The number of hydrogen-bond acceptors (Lipinski definition) is 3. The molecule has 2 atom stereocenters. The van der Waals surface area contributed by atoms with E-state index in [1.54, 1.807) is 0 Å². The van der Waals surface area contributed by atoms with Gasteiger partial charge in [-0.2, -0.15) is 36.8 Å². The Morgan fingerprint density at radius 3 is 2.59 bits per heavy atom. The van der Waals surface area contributed by atoms with Crippen LogP contribution in [0.15, 0.2) is 18.3 Å². The Bertz CT molecular complexity index is 869. The summed E-state index contributed by atoms with van der Waals surface area (Å²) in [6, 6.07) is -0.0551. The lowest BCUT2D eigenvalue weighted by Gasteiger charge is -2.40. The molecule has 0 aromatic carbocycles. The van der Waals surface area contributed by atoms with E-state index in [1.807, 2.05) is 0 Å². The van der Waals surface area contributed by atoms with Gasteiger partial charge in [0.2, 0.25) is 0 Å². The number of rotatable bonds is 3. The zero-order valence-electron chi connectivity index (χ0n) is 14.2. The Labute approximate surface area is 150 Å². The number of carbonyl (C=O) groups excluding carboxylic acids is 1. The van der Waals surface area contributed by atoms with Gasteiger partial charge < -0.3 is 0 Å². The molecule has 0 N–H and O–H groups in total. The minimum Gasteiger partial charge on any atom is -0.288 e. The van der Waals surface area contributed by atoms with E-state index in [1.165, 1.54) is 17.9 Å². The molecule has 2 aromatic heterocycles. The van der Waals surface area contributed by atoms with E-state index in [9.17, 15) is 26.7 Å². The Morgan fingerprint density at radius 2 is 2.00 bits per heavy atom. The molecule has 1 amide bonds. The van der Waals surface area contributed by atoms with E-state index >= 15 is 0 Å². The third-order valence-corrected chi connectivity index (χ3v) is 5.01. The average Bonchev–Trinajstić information content (AvgIpc) is 3.15. The number of anilines is 1. The zero-order valence-corrected chi connectivity index (χ0v) is 14.2. The highest BCUT2D eigenvalue weighted by Gasteiger charge is 2.53. The molecule has 0 radical (unpaired) electrons. The van der Waals surface area contributed by atoms with Crippen LogP contribution in [0.2, 0.25) is 0 Å². The first-order valence-corrected chi connectivity index (χ1v) is 8.46. The van der Waals surface area contributed by atoms with Crippen LogP contribution in [0, 0.1) is 12.8 Å². The third kappa shape index (κ3) is 2.98. The van der Waals surface area contributed by atoms with Crippen LogP contribution in [0.1, 0.15) is 48.0 Å². The van der Waals surface area contributed by atoms with Crippen molar-refractivity contribution in [2.24, 2.45) is 5.92 Å². The topological polar surface area (TPSA) is 56.0 Å². The summed E-state index contributed by atoms with van der Waals surface area (Å²) in [6.07, 6.45) is -2.42. The fraction of sp³-hybridized carbons (Fsp3) is 0.562. The summed E-state index contributed by atoms with van der Waals surface area (Å²) in [5.41, 5.74) is -0.0534. The maximum Gasteiger partial charge on any atom is 0.410 e. The predicted molar refractivity (Wildman–Crippen MR) is 83.5 cm³/mol. The van der Waals surface area contributed by atoms with Crippen molar-refractivity contribution in [2.75, 3.05) is 4.90 Å². The monoisotopic (exact) mass is 389 g/mol. The van der Waals surface area contributed by atoms with Crippen molar-refractivity contribution in [2.45, 2.75) is 51.0 Å². The molecule has 1 saturated carbocycles. The minimum atomic E-state index is -4.53. The summed E-state index contributed by atoms with van der Waals surface area (Å²) >= 11 is 0. The lowest BCUT2D eigenvalue weighted by atomic mass is 9.97. The Kier molecular flexibility index (Phi) is 4.00. The van der Waals surface area contributed by atoms with Gasteiger partial charge in [0.25, 0.3) is 5.91 Å². The van der Waals surface area contributed by atoms with Crippen LogP contribution in [0.4, 0.5) is 27.8 Å². The Morgan fingerprint density at radius 1 is 1.30 bits per heavy atom. The predicted octanol–water partition coefficient (Wildman–Crippen LogP) is 3.72. The molecule has 11 heteroatoms. The first kappa shape index (κ1) is 17.9. The summed E-state index contributed by atoms with van der Waals surface area (Å²) in [7, 11) is 0. The van der Waals surface area contributed by atoms with E-state index in [4.69, 9.17) is 0 Å². The van der Waals surface area contributed by atoms with E-state index in [0.717, 1.165) is 16.9 Å². The van der Waals surface area contributed by atoms with Gasteiger partial charge in [-0.1, -0.05) is 0 Å². The molecule has 0 bridgehead atoms. The smallest absolute Gasteiger partial charge is 0.288 e. The van der Waals surface area contributed by atoms with Gasteiger partial charge in [0.15, 0.2) is 6.04 Å². The van der Waals surface area contributed by atoms with Crippen LogP contribution in [0.25, 0.3) is 0 Å². The molecule has 1 fully saturated rings. The number of alkyl halides is 5. The SMILES string of the molecule is Cc1cc2n(n1)[C@@H](C(F)(F)F)C[C@H](C1CC1)N2C(=O)c1ccnn1C(F)F. The van der Waals surface area contributed by atoms with Crippen LogP contribution >= 0.6 is 0 Å². The van der Waals surface area contributed by atoms with E-state index < -0.39 is 30.7 Å². The number of aromatic nitrogens is 4. The van der Waals surface area contributed by atoms with Crippen molar-refractivity contribution in [3.8, 4) is 0 Å². The number of nitrogens with zero attached hydrogens (tertiary/aromatic N) is 5. The maximum atomic E-state index is 13.6. The largest absolute Gasteiger partial charge is 0.410 e. The molecule has 146 valence electrons. The number of carbonyl (C=O) groups is 1. The van der Waals surface area contributed by atoms with Gasteiger partial charge in [-0.15, -0.1) is 0 Å². The highest BCUT2D eigenvalue weighted by atomic mass is 19.4. The fourth-order valence-corrected chi connectivity index (χ4v) is 3.69. The Balaban J connectivity index is 1.82. The van der Waals surface area contributed by atoms with E-state index in [2.05, 4.69) is 10.2 Å². The normalized spacial score (nSPS) is 23.0. The quantitative estimate of drug-likeness (QED) is 0.752. The summed E-state index contributed by atoms with van der Waals surface area (Å²) in [5.74, 6) is -0.915. The highest BCUT2D eigenvalue weighted by Crippen LogP contribution is 2.48. The van der Waals surface area contributed by atoms with Gasteiger partial charge in [0.05, 0.1) is 5.69 Å². The third-order valence-electron chi connectivity index (χ3n) is 5.01. The van der Waals surface area contributed by atoms with Gasteiger partial charge in [0, 0.05) is 18.3 Å². The number of fused-ring (bicyclic) bond motifs is 1. The standard InChI is InChI=1S/C16H16F5N5O/c1-8-6-13-24(14(27)10-4-5-22-25(10)15(17)18)11(9-2-3-9)7-12(16(19,20)21)26(13)23-8/h4-6,9,11-12,15H,2-3,7H2,1H3/t11-,12-/m1/s1. The van der Waals surface area contributed by atoms with Crippen LogP contribution in [-0.2, 0) is 0 Å². The molecular weight excluding hydrogens is 373 g/mol. The maximum absolute atomic E-state index is 13.6. The van der Waals surface area contributed by atoms with E-state index in [0.29, 0.717) is 18.5 Å². The van der Waals surface area contributed by atoms with Crippen molar-refractivity contribution < 1.29 is 26.7 Å². The molecule has 4 rings (SSSR count). The number of halogens is 5. The summed E-state index contributed by atoms with van der Waals surface area (Å²) < 4.78 is 68.1. The molecule has 1 aliphatic carbocycles. The first-order chi connectivity index (χ1) is 12.7. The molecule has 6 nitrogen and oxygen atoms in total. The molecule has 27 heavy (non-hydrogen) atoms. The summed E-state index contributed by atoms with van der Waals surface area (Å²) in [6.45, 7) is -1.51. The molecule has 3 heterocycles. The molecule has 2 aromatic rings. The molecular formula is C16H16F5N5O. The summed E-state index contributed by atoms with van der Waals surface area (Å²) in [4.78, 5) is 14.3. The molecule has 0 unspecified atom stereocenters. The van der Waals surface area contributed by atoms with Crippen molar-refractivity contribution in [3.63, 3.8) is 0 Å². The molecule has 0 saturated heterocycles. The van der Waals surface area contributed by atoms with Gasteiger partial charge in [-0.25, -0.2) is 4.68 Å². The average molecular weight is 389 g/mol. The fourth-order valence-electron chi connectivity index (χ4n) is 3.69. The first-order valence-electron chi connectivity index (χ1n) is 8.46. The van der Waals surface area contributed by atoms with Crippen molar-refractivity contribution >= 4 is 11.7 Å². The van der Waals surface area contributed by atoms with Crippen LogP contribution < -0.4 is 4.90 Å².